The molecule has 1 aliphatic rings. The normalized spacial score (nSPS) is 26.2. The first-order valence-electron chi connectivity index (χ1n) is 2.60. The van der Waals surface area contributed by atoms with Gasteiger partial charge < -0.3 is 0 Å². The van der Waals surface area contributed by atoms with E-state index in [1.165, 1.54) is 0 Å². The second-order valence-electron chi connectivity index (χ2n) is 2.15. The number of halogens is 1. The zero-order valence-corrected chi connectivity index (χ0v) is 5.40. The van der Waals surface area contributed by atoms with Crippen LogP contribution in [0, 0.1) is 5.92 Å². The second kappa shape index (κ2) is 1.90. The summed E-state index contributed by atoms with van der Waals surface area (Å²) in [4.78, 5) is 10.3. The van der Waals surface area contributed by atoms with Gasteiger partial charge in [0.25, 0.3) is 0 Å². The standard InChI is InChI=1S/C6H7ClO/c1-4-2-5(3-4)6(7)8/h2,4H,3H2,1H3. The fraction of sp³-hybridized carbons (Fsp3) is 0.500. The average Bonchev–Trinajstić information content (AvgIpc) is 1.57. The molecule has 1 nitrogen and oxygen atoms in total. The topological polar surface area (TPSA) is 17.1 Å². The largest absolute Gasteiger partial charge is 0.276 e. The van der Waals surface area contributed by atoms with Gasteiger partial charge in [-0.1, -0.05) is 13.0 Å². The number of carbonyl (C=O) groups excluding carboxylic acids is 1. The zero-order valence-electron chi connectivity index (χ0n) is 4.65. The van der Waals surface area contributed by atoms with Crippen LogP contribution in [0.2, 0.25) is 0 Å². The average molecular weight is 131 g/mol. The lowest BCUT2D eigenvalue weighted by molar-refractivity contribution is -0.109. The van der Waals surface area contributed by atoms with Gasteiger partial charge in [-0.15, -0.1) is 0 Å². The van der Waals surface area contributed by atoms with E-state index in [0.717, 1.165) is 12.0 Å². The van der Waals surface area contributed by atoms with E-state index in [9.17, 15) is 4.79 Å². The van der Waals surface area contributed by atoms with E-state index in [1.807, 2.05) is 6.08 Å². The Morgan fingerprint density at radius 3 is 2.62 bits per heavy atom. The van der Waals surface area contributed by atoms with Gasteiger partial charge in [0.15, 0.2) is 0 Å². The molecule has 1 unspecified atom stereocenters. The minimum atomic E-state index is -0.289. The van der Waals surface area contributed by atoms with Crippen LogP contribution in [0.1, 0.15) is 13.3 Å². The molecule has 0 aliphatic heterocycles. The first kappa shape index (κ1) is 5.83. The van der Waals surface area contributed by atoms with Crippen LogP contribution >= 0.6 is 11.6 Å². The van der Waals surface area contributed by atoms with Crippen molar-refractivity contribution >= 4 is 16.8 Å². The summed E-state index contributed by atoms with van der Waals surface area (Å²) in [6, 6.07) is 0. The Hall–Kier alpha value is -0.300. The van der Waals surface area contributed by atoms with Crippen molar-refractivity contribution in [2.45, 2.75) is 13.3 Å². The summed E-state index contributed by atoms with van der Waals surface area (Å²) in [5.41, 5.74) is 0.777. The van der Waals surface area contributed by atoms with E-state index in [2.05, 4.69) is 6.92 Å². The van der Waals surface area contributed by atoms with Gasteiger partial charge in [0, 0.05) is 5.57 Å². The highest BCUT2D eigenvalue weighted by atomic mass is 35.5. The van der Waals surface area contributed by atoms with Crippen molar-refractivity contribution in [1.29, 1.82) is 0 Å². The van der Waals surface area contributed by atoms with Gasteiger partial charge in [0.1, 0.15) is 0 Å². The molecule has 0 aromatic heterocycles. The lowest BCUT2D eigenvalue weighted by atomic mass is 9.89. The highest BCUT2D eigenvalue weighted by Gasteiger charge is 2.18. The summed E-state index contributed by atoms with van der Waals surface area (Å²) in [5, 5.41) is -0.289. The number of allylic oxidation sites excluding steroid dienone is 2. The molecular weight excluding hydrogens is 124 g/mol. The molecular formula is C6H7ClO. The Morgan fingerprint density at radius 2 is 2.50 bits per heavy atom. The lowest BCUT2D eigenvalue weighted by Gasteiger charge is -2.17. The molecule has 1 atom stereocenters. The maximum Gasteiger partial charge on any atom is 0.248 e. The SMILES string of the molecule is CC1C=C(C(=O)Cl)C1. The van der Waals surface area contributed by atoms with Crippen LogP contribution in [0.25, 0.3) is 0 Å². The fourth-order valence-corrected chi connectivity index (χ4v) is 0.943. The molecule has 0 radical (unpaired) electrons. The molecule has 0 fully saturated rings. The van der Waals surface area contributed by atoms with Crippen LogP contribution in [-0.4, -0.2) is 5.24 Å². The van der Waals surface area contributed by atoms with Crippen molar-refractivity contribution in [3.63, 3.8) is 0 Å². The summed E-state index contributed by atoms with van der Waals surface area (Å²) >= 11 is 5.14. The molecule has 0 bridgehead atoms. The Bertz CT molecular complexity index is 149. The Kier molecular flexibility index (Phi) is 1.39. The molecule has 44 valence electrons. The molecule has 0 saturated heterocycles. The van der Waals surface area contributed by atoms with Gasteiger partial charge in [0.2, 0.25) is 5.24 Å². The first-order chi connectivity index (χ1) is 3.70. The smallest absolute Gasteiger partial charge is 0.248 e. The lowest BCUT2D eigenvalue weighted by Crippen LogP contribution is -2.10. The maximum atomic E-state index is 10.3. The van der Waals surface area contributed by atoms with Crippen molar-refractivity contribution in [2.24, 2.45) is 5.92 Å². The van der Waals surface area contributed by atoms with Crippen LogP contribution in [-0.2, 0) is 4.79 Å². The van der Waals surface area contributed by atoms with Gasteiger partial charge in [-0.25, -0.2) is 0 Å². The minimum absolute atomic E-state index is 0.289. The Labute approximate surface area is 53.3 Å². The third-order valence-corrected chi connectivity index (χ3v) is 1.52. The maximum absolute atomic E-state index is 10.3. The number of hydrogen-bond donors (Lipinski definition) is 0. The summed E-state index contributed by atoms with van der Waals surface area (Å²) in [7, 11) is 0. The number of hydrogen-bond acceptors (Lipinski definition) is 1. The van der Waals surface area contributed by atoms with E-state index < -0.39 is 0 Å². The van der Waals surface area contributed by atoms with E-state index in [4.69, 9.17) is 11.6 Å². The molecule has 2 heteroatoms. The molecule has 0 aromatic rings. The number of carbonyl (C=O) groups is 1. The van der Waals surface area contributed by atoms with Crippen LogP contribution in [0.15, 0.2) is 11.6 Å². The molecule has 1 aliphatic carbocycles. The predicted molar refractivity (Wildman–Crippen MR) is 32.7 cm³/mol. The van der Waals surface area contributed by atoms with E-state index >= 15 is 0 Å². The van der Waals surface area contributed by atoms with Gasteiger partial charge in [-0.05, 0) is 23.9 Å². The second-order valence-corrected chi connectivity index (χ2v) is 2.49. The van der Waals surface area contributed by atoms with Crippen LogP contribution in [0.4, 0.5) is 0 Å². The third-order valence-electron chi connectivity index (χ3n) is 1.28. The van der Waals surface area contributed by atoms with Gasteiger partial charge >= 0.3 is 0 Å². The van der Waals surface area contributed by atoms with Crippen molar-refractivity contribution < 1.29 is 4.79 Å². The van der Waals surface area contributed by atoms with Crippen molar-refractivity contribution in [3.8, 4) is 0 Å². The predicted octanol–water partition coefficient (Wildman–Crippen LogP) is 1.72. The minimum Gasteiger partial charge on any atom is -0.276 e. The molecule has 0 aromatic carbocycles. The Morgan fingerprint density at radius 1 is 2.00 bits per heavy atom. The highest BCUT2D eigenvalue weighted by molar-refractivity contribution is 6.67. The molecule has 0 spiro atoms. The number of rotatable bonds is 1. The van der Waals surface area contributed by atoms with Gasteiger partial charge in [0.05, 0.1) is 0 Å². The van der Waals surface area contributed by atoms with E-state index in [0.29, 0.717) is 5.92 Å². The first-order valence-corrected chi connectivity index (χ1v) is 2.98. The summed E-state index contributed by atoms with van der Waals surface area (Å²) in [6.45, 7) is 2.06. The van der Waals surface area contributed by atoms with E-state index in [-0.39, 0.29) is 5.24 Å². The van der Waals surface area contributed by atoms with Crippen molar-refractivity contribution in [1.82, 2.24) is 0 Å². The summed E-state index contributed by atoms with van der Waals surface area (Å²) < 4.78 is 0. The van der Waals surface area contributed by atoms with Crippen LogP contribution < -0.4 is 0 Å². The molecule has 0 N–H and O–H groups in total. The molecule has 0 saturated carbocycles. The van der Waals surface area contributed by atoms with Crippen LogP contribution in [0.5, 0.6) is 0 Å². The van der Waals surface area contributed by atoms with Crippen molar-refractivity contribution in [3.05, 3.63) is 11.6 Å². The molecule has 0 heterocycles. The van der Waals surface area contributed by atoms with Gasteiger partial charge in [-0.3, -0.25) is 4.79 Å². The Balaban J connectivity index is 2.54. The highest BCUT2D eigenvalue weighted by Crippen LogP contribution is 2.26. The summed E-state index contributed by atoms with van der Waals surface area (Å²) in [6.07, 6.45) is 2.76. The van der Waals surface area contributed by atoms with Gasteiger partial charge in [-0.2, -0.15) is 0 Å². The molecule has 1 rings (SSSR count). The molecule has 8 heavy (non-hydrogen) atoms. The third kappa shape index (κ3) is 0.920. The monoisotopic (exact) mass is 130 g/mol. The van der Waals surface area contributed by atoms with Crippen molar-refractivity contribution in [2.75, 3.05) is 0 Å². The van der Waals surface area contributed by atoms with E-state index in [1.54, 1.807) is 0 Å². The van der Waals surface area contributed by atoms with Crippen LogP contribution in [0.3, 0.4) is 0 Å². The quantitative estimate of drug-likeness (QED) is 0.494. The molecule has 0 amide bonds. The summed E-state index contributed by atoms with van der Waals surface area (Å²) in [5.74, 6) is 0.563. The fourth-order valence-electron chi connectivity index (χ4n) is 0.803. The zero-order chi connectivity index (χ0) is 6.15.